The molecule has 0 aliphatic heterocycles. The van der Waals surface area contributed by atoms with Gasteiger partial charge in [-0.05, 0) is 84.1 Å². The van der Waals surface area contributed by atoms with Gasteiger partial charge in [0.1, 0.15) is 24.7 Å². The molecule has 0 amide bonds. The lowest BCUT2D eigenvalue weighted by Crippen LogP contribution is -2.31. The summed E-state index contributed by atoms with van der Waals surface area (Å²) < 4.78 is 11.6. The third-order valence-corrected chi connectivity index (χ3v) is 6.37. The van der Waals surface area contributed by atoms with Crippen molar-refractivity contribution in [1.29, 1.82) is 0 Å². The van der Waals surface area contributed by atoms with Crippen LogP contribution < -0.4 is 20.2 Å². The molecular formula is C29H33N3O2S. The van der Waals surface area contributed by atoms with Gasteiger partial charge in [0.25, 0.3) is 0 Å². The number of nitrogens with zero attached hydrogens (tertiary/aromatic N) is 1. The Balaban J connectivity index is 1.12. The summed E-state index contributed by atoms with van der Waals surface area (Å²) in [4.78, 5) is 0. The zero-order valence-corrected chi connectivity index (χ0v) is 20.8. The van der Waals surface area contributed by atoms with Gasteiger partial charge in [-0.1, -0.05) is 61.7 Å². The molecule has 1 saturated carbocycles. The quantitative estimate of drug-likeness (QED) is 0.155. The Morgan fingerprint density at radius 1 is 0.829 bits per heavy atom. The van der Waals surface area contributed by atoms with Crippen molar-refractivity contribution in [3.05, 3.63) is 95.6 Å². The van der Waals surface area contributed by atoms with E-state index in [-0.39, 0.29) is 0 Å². The first-order valence-corrected chi connectivity index (χ1v) is 12.7. The van der Waals surface area contributed by atoms with Crippen LogP contribution in [0.5, 0.6) is 11.5 Å². The Morgan fingerprint density at radius 2 is 1.46 bits per heavy atom. The topological polar surface area (TPSA) is 54.9 Å². The molecule has 0 atom stereocenters. The summed E-state index contributed by atoms with van der Waals surface area (Å²) in [6.45, 7) is 1.65. The fourth-order valence-corrected chi connectivity index (χ4v) is 4.35. The minimum absolute atomic E-state index is 0.480. The third-order valence-electron chi connectivity index (χ3n) is 6.13. The normalized spacial score (nSPS) is 13.9. The number of nitrogens with one attached hydrogen (secondary N) is 2. The molecule has 0 saturated heterocycles. The number of thiocarbonyl (C=S) groups is 1. The maximum absolute atomic E-state index is 5.84. The number of ether oxygens (including phenoxy) is 2. The molecule has 0 heterocycles. The summed E-state index contributed by atoms with van der Waals surface area (Å²) in [6, 6.07) is 26.4. The monoisotopic (exact) mass is 487 g/mol. The highest BCUT2D eigenvalue weighted by molar-refractivity contribution is 7.80. The van der Waals surface area contributed by atoms with Crippen molar-refractivity contribution in [3.8, 4) is 11.5 Å². The van der Waals surface area contributed by atoms with Crippen molar-refractivity contribution in [2.75, 3.05) is 13.2 Å². The van der Waals surface area contributed by atoms with Crippen LogP contribution in [-0.2, 0) is 6.54 Å². The Labute approximate surface area is 213 Å². The maximum atomic E-state index is 5.84. The van der Waals surface area contributed by atoms with Gasteiger partial charge in [-0.3, -0.25) is 5.43 Å². The van der Waals surface area contributed by atoms with Gasteiger partial charge in [0.2, 0.25) is 0 Å². The lowest BCUT2D eigenvalue weighted by Gasteiger charge is -2.22. The summed E-state index contributed by atoms with van der Waals surface area (Å²) in [5.74, 6) is 2.41. The van der Waals surface area contributed by atoms with Crippen LogP contribution in [0.15, 0.2) is 84.0 Å². The summed E-state index contributed by atoms with van der Waals surface area (Å²) in [5, 5.41) is 7.80. The van der Waals surface area contributed by atoms with E-state index in [0.29, 0.717) is 24.9 Å². The minimum atomic E-state index is 0.480. The van der Waals surface area contributed by atoms with E-state index in [2.05, 4.69) is 40.1 Å². The Morgan fingerprint density at radius 3 is 2.11 bits per heavy atom. The van der Waals surface area contributed by atoms with Gasteiger partial charge in [0.05, 0.1) is 6.21 Å². The Bertz CT molecular complexity index is 1060. The summed E-state index contributed by atoms with van der Waals surface area (Å²) in [6.07, 6.45) is 8.44. The number of hydrazone groups is 1. The summed E-state index contributed by atoms with van der Waals surface area (Å²) >= 11 is 5.25. The zero-order valence-electron chi connectivity index (χ0n) is 20.0. The molecule has 1 aliphatic carbocycles. The Hall–Kier alpha value is -3.38. The van der Waals surface area contributed by atoms with E-state index in [0.717, 1.165) is 28.5 Å². The van der Waals surface area contributed by atoms with Crippen molar-refractivity contribution in [1.82, 2.24) is 10.7 Å². The highest BCUT2D eigenvalue weighted by atomic mass is 32.1. The van der Waals surface area contributed by atoms with E-state index >= 15 is 0 Å². The van der Waals surface area contributed by atoms with Crippen LogP contribution in [0.4, 0.5) is 0 Å². The highest BCUT2D eigenvalue weighted by Gasteiger charge is 2.15. The molecular weight excluding hydrogens is 454 g/mol. The predicted molar refractivity (Wildman–Crippen MR) is 146 cm³/mol. The second-order valence-electron chi connectivity index (χ2n) is 8.71. The lowest BCUT2D eigenvalue weighted by atomic mass is 9.84. The molecule has 2 N–H and O–H groups in total. The molecule has 182 valence electrons. The van der Waals surface area contributed by atoms with Crippen molar-refractivity contribution >= 4 is 23.5 Å². The van der Waals surface area contributed by atoms with E-state index < -0.39 is 0 Å². The van der Waals surface area contributed by atoms with Crippen LogP contribution in [0.2, 0.25) is 0 Å². The van der Waals surface area contributed by atoms with Crippen LogP contribution in [-0.4, -0.2) is 24.5 Å². The van der Waals surface area contributed by atoms with Crippen LogP contribution in [0.1, 0.15) is 54.7 Å². The smallest absolute Gasteiger partial charge is 0.187 e. The minimum Gasteiger partial charge on any atom is -0.490 e. The van der Waals surface area contributed by atoms with Gasteiger partial charge in [-0.25, -0.2) is 0 Å². The van der Waals surface area contributed by atoms with E-state index in [1.807, 2.05) is 54.6 Å². The summed E-state index contributed by atoms with van der Waals surface area (Å²) in [5.41, 5.74) is 6.39. The molecule has 0 radical (unpaired) electrons. The average Bonchev–Trinajstić information content (AvgIpc) is 2.92. The van der Waals surface area contributed by atoms with E-state index in [4.69, 9.17) is 21.7 Å². The van der Waals surface area contributed by atoms with Crippen LogP contribution in [0.3, 0.4) is 0 Å². The van der Waals surface area contributed by atoms with Gasteiger partial charge < -0.3 is 14.8 Å². The van der Waals surface area contributed by atoms with Crippen molar-refractivity contribution in [3.63, 3.8) is 0 Å². The van der Waals surface area contributed by atoms with Crippen molar-refractivity contribution in [2.24, 2.45) is 5.10 Å². The van der Waals surface area contributed by atoms with Crippen molar-refractivity contribution < 1.29 is 9.47 Å². The number of rotatable bonds is 10. The molecule has 3 aromatic rings. The lowest BCUT2D eigenvalue weighted by molar-refractivity contribution is 0.217. The van der Waals surface area contributed by atoms with E-state index in [9.17, 15) is 0 Å². The van der Waals surface area contributed by atoms with E-state index in [1.54, 1.807) is 6.21 Å². The number of hydrogen-bond acceptors (Lipinski definition) is 4. The van der Waals surface area contributed by atoms with Gasteiger partial charge in [-0.2, -0.15) is 5.10 Å². The average molecular weight is 488 g/mol. The molecule has 6 heteroatoms. The molecule has 3 aromatic carbocycles. The van der Waals surface area contributed by atoms with Gasteiger partial charge in [0, 0.05) is 6.54 Å². The second-order valence-corrected chi connectivity index (χ2v) is 9.12. The summed E-state index contributed by atoms with van der Waals surface area (Å²) in [7, 11) is 0. The SMILES string of the molecule is S=C(NCc1ccccc1)NN=Cc1ccc(OCCOc2ccc(C3CCCCC3)cc2)cc1. The molecule has 1 fully saturated rings. The largest absolute Gasteiger partial charge is 0.490 e. The third kappa shape index (κ3) is 8.41. The molecule has 0 bridgehead atoms. The highest BCUT2D eigenvalue weighted by Crippen LogP contribution is 2.33. The van der Waals surface area contributed by atoms with Gasteiger partial charge in [0.15, 0.2) is 5.11 Å². The molecule has 0 aromatic heterocycles. The van der Waals surface area contributed by atoms with Crippen LogP contribution >= 0.6 is 12.2 Å². The van der Waals surface area contributed by atoms with Crippen LogP contribution in [0, 0.1) is 0 Å². The molecule has 4 rings (SSSR count). The van der Waals surface area contributed by atoms with Crippen LogP contribution in [0.25, 0.3) is 0 Å². The molecule has 0 unspecified atom stereocenters. The molecule has 0 spiro atoms. The predicted octanol–water partition coefficient (Wildman–Crippen LogP) is 6.19. The van der Waals surface area contributed by atoms with Crippen molar-refractivity contribution in [2.45, 2.75) is 44.6 Å². The van der Waals surface area contributed by atoms with E-state index in [1.165, 1.54) is 37.7 Å². The first-order valence-electron chi connectivity index (χ1n) is 12.3. The number of hydrogen-bond donors (Lipinski definition) is 2. The zero-order chi connectivity index (χ0) is 24.1. The fourth-order valence-electron chi connectivity index (χ4n) is 4.22. The standard InChI is InChI=1S/C29H33N3O2S/c35-29(30-21-23-7-3-1-4-8-23)32-31-22-24-11-15-27(16-12-24)33-19-20-34-28-17-13-26(14-18-28)25-9-5-2-6-10-25/h1,3-4,7-8,11-18,22,25H,2,5-6,9-10,19-21H2,(H2,30,32,35). The molecule has 5 nitrogen and oxygen atoms in total. The maximum Gasteiger partial charge on any atom is 0.187 e. The first-order chi connectivity index (χ1) is 17.3. The fraction of sp³-hybridized carbons (Fsp3) is 0.310. The van der Waals surface area contributed by atoms with Gasteiger partial charge >= 0.3 is 0 Å². The Kier molecular flexibility index (Phi) is 9.54. The van der Waals surface area contributed by atoms with Gasteiger partial charge in [-0.15, -0.1) is 0 Å². The molecule has 35 heavy (non-hydrogen) atoms. The molecule has 1 aliphatic rings. The number of benzene rings is 3. The second kappa shape index (κ2) is 13.5. The first kappa shape index (κ1) is 24.7.